The molecule has 88 valence electrons. The Morgan fingerprint density at radius 1 is 1.50 bits per heavy atom. The molecule has 3 N–H and O–H groups in total. The maximum atomic E-state index is 13.1. The van der Waals surface area contributed by atoms with Gasteiger partial charge in [0.2, 0.25) is 0 Å². The predicted molar refractivity (Wildman–Crippen MR) is 60.6 cm³/mol. The Labute approximate surface area is 94.1 Å². The van der Waals surface area contributed by atoms with Gasteiger partial charge in [0.05, 0.1) is 5.92 Å². The van der Waals surface area contributed by atoms with Crippen LogP contribution in [0.3, 0.4) is 0 Å². The molecule has 0 saturated carbocycles. The number of benzene rings is 1. The maximum absolute atomic E-state index is 13.1. The van der Waals surface area contributed by atoms with Gasteiger partial charge in [0.1, 0.15) is 5.82 Å². The van der Waals surface area contributed by atoms with Crippen molar-refractivity contribution in [1.82, 2.24) is 0 Å². The van der Waals surface area contributed by atoms with Crippen LogP contribution in [0.5, 0.6) is 0 Å². The van der Waals surface area contributed by atoms with Crippen LogP contribution in [0.25, 0.3) is 0 Å². The van der Waals surface area contributed by atoms with Crippen molar-refractivity contribution in [2.45, 2.75) is 26.2 Å². The molecular weight excluding hydrogens is 209 g/mol. The molecule has 1 aromatic carbocycles. The first kappa shape index (κ1) is 12.5. The highest BCUT2D eigenvalue weighted by atomic mass is 19.1. The van der Waals surface area contributed by atoms with E-state index in [2.05, 4.69) is 0 Å². The minimum atomic E-state index is -0.967. The monoisotopic (exact) mass is 225 g/mol. The topological polar surface area (TPSA) is 63.3 Å². The lowest BCUT2D eigenvalue weighted by atomic mass is 9.89. The lowest BCUT2D eigenvalue weighted by Gasteiger charge is -2.16. The van der Waals surface area contributed by atoms with Gasteiger partial charge < -0.3 is 10.8 Å². The van der Waals surface area contributed by atoms with Crippen LogP contribution in [0.4, 0.5) is 10.1 Å². The average Bonchev–Trinajstić information content (AvgIpc) is 2.18. The number of rotatable bonds is 4. The fraction of sp³-hybridized carbons (Fsp3) is 0.417. The molecule has 0 bridgehead atoms. The van der Waals surface area contributed by atoms with Crippen molar-refractivity contribution in [3.05, 3.63) is 29.6 Å². The van der Waals surface area contributed by atoms with Crippen LogP contribution in [0, 0.1) is 11.7 Å². The van der Waals surface area contributed by atoms with Gasteiger partial charge in [-0.1, -0.05) is 13.8 Å². The Bertz CT molecular complexity index is 391. The van der Waals surface area contributed by atoms with Crippen molar-refractivity contribution in [2.24, 2.45) is 5.92 Å². The predicted octanol–water partition coefficient (Wildman–Crippen LogP) is 2.62. The van der Waals surface area contributed by atoms with Crippen molar-refractivity contribution < 1.29 is 14.3 Å². The van der Waals surface area contributed by atoms with E-state index in [4.69, 9.17) is 10.8 Å². The normalized spacial score (nSPS) is 12.8. The standard InChI is InChI=1S/C12H16FNO2/c1-7(2)5-10(12(15)16)9-6-8(13)3-4-11(9)14/h3-4,6-7,10H,5,14H2,1-2H3,(H,15,16). The molecular formula is C12H16FNO2. The maximum Gasteiger partial charge on any atom is 0.311 e. The molecule has 1 atom stereocenters. The summed E-state index contributed by atoms with van der Waals surface area (Å²) < 4.78 is 13.1. The summed E-state index contributed by atoms with van der Waals surface area (Å²) in [6.07, 6.45) is 0.447. The zero-order valence-electron chi connectivity index (χ0n) is 9.40. The molecule has 0 aliphatic carbocycles. The summed E-state index contributed by atoms with van der Waals surface area (Å²) in [5.74, 6) is -1.95. The molecule has 1 unspecified atom stereocenters. The average molecular weight is 225 g/mol. The number of hydrogen-bond donors (Lipinski definition) is 2. The van der Waals surface area contributed by atoms with Crippen LogP contribution in [0.1, 0.15) is 31.7 Å². The first-order chi connectivity index (χ1) is 7.41. The summed E-state index contributed by atoms with van der Waals surface area (Å²) in [5, 5.41) is 9.11. The number of hydrogen-bond acceptors (Lipinski definition) is 2. The van der Waals surface area contributed by atoms with Crippen molar-refractivity contribution in [3.8, 4) is 0 Å². The van der Waals surface area contributed by atoms with Gasteiger partial charge in [-0.25, -0.2) is 4.39 Å². The van der Waals surface area contributed by atoms with E-state index < -0.39 is 17.7 Å². The first-order valence-corrected chi connectivity index (χ1v) is 5.19. The minimum Gasteiger partial charge on any atom is -0.481 e. The van der Waals surface area contributed by atoms with E-state index in [0.29, 0.717) is 17.7 Å². The van der Waals surface area contributed by atoms with E-state index in [1.54, 1.807) is 0 Å². The van der Waals surface area contributed by atoms with Crippen LogP contribution >= 0.6 is 0 Å². The molecule has 0 fully saturated rings. The quantitative estimate of drug-likeness (QED) is 0.774. The number of carbonyl (C=O) groups is 1. The number of carboxylic acids is 1. The molecule has 0 aliphatic heterocycles. The number of aliphatic carboxylic acids is 1. The molecule has 4 heteroatoms. The first-order valence-electron chi connectivity index (χ1n) is 5.19. The number of carboxylic acid groups (broad SMARTS) is 1. The van der Waals surface area contributed by atoms with Crippen LogP contribution in [0.2, 0.25) is 0 Å². The third-order valence-corrected chi connectivity index (χ3v) is 2.43. The van der Waals surface area contributed by atoms with Gasteiger partial charge in [-0.15, -0.1) is 0 Å². The molecule has 0 amide bonds. The Hall–Kier alpha value is -1.58. The third-order valence-electron chi connectivity index (χ3n) is 2.43. The lowest BCUT2D eigenvalue weighted by molar-refractivity contribution is -0.139. The molecule has 3 nitrogen and oxygen atoms in total. The van der Waals surface area contributed by atoms with E-state index in [-0.39, 0.29) is 5.92 Å². The van der Waals surface area contributed by atoms with Gasteiger partial charge in [0.15, 0.2) is 0 Å². The summed E-state index contributed by atoms with van der Waals surface area (Å²) >= 11 is 0. The lowest BCUT2D eigenvalue weighted by Crippen LogP contribution is -2.16. The Kier molecular flexibility index (Phi) is 3.88. The number of nitrogens with two attached hydrogens (primary N) is 1. The molecule has 0 spiro atoms. The van der Waals surface area contributed by atoms with E-state index in [9.17, 15) is 9.18 Å². The second-order valence-corrected chi connectivity index (χ2v) is 4.29. The highest BCUT2D eigenvalue weighted by molar-refractivity contribution is 5.78. The Morgan fingerprint density at radius 3 is 2.62 bits per heavy atom. The van der Waals surface area contributed by atoms with E-state index >= 15 is 0 Å². The fourth-order valence-corrected chi connectivity index (χ4v) is 1.68. The second-order valence-electron chi connectivity index (χ2n) is 4.29. The van der Waals surface area contributed by atoms with Gasteiger partial charge >= 0.3 is 5.97 Å². The number of nitrogen functional groups attached to an aromatic ring is 1. The molecule has 0 aromatic heterocycles. The van der Waals surface area contributed by atoms with E-state index in [1.165, 1.54) is 18.2 Å². The van der Waals surface area contributed by atoms with Crippen molar-refractivity contribution in [1.29, 1.82) is 0 Å². The van der Waals surface area contributed by atoms with E-state index in [0.717, 1.165) is 0 Å². The van der Waals surface area contributed by atoms with Gasteiger partial charge in [0, 0.05) is 5.69 Å². The smallest absolute Gasteiger partial charge is 0.311 e. The van der Waals surface area contributed by atoms with Gasteiger partial charge in [-0.2, -0.15) is 0 Å². The zero-order chi connectivity index (χ0) is 12.3. The minimum absolute atomic E-state index is 0.212. The van der Waals surface area contributed by atoms with Gasteiger partial charge in [0.25, 0.3) is 0 Å². The van der Waals surface area contributed by atoms with Crippen LogP contribution < -0.4 is 5.73 Å². The van der Waals surface area contributed by atoms with Crippen molar-refractivity contribution in [3.63, 3.8) is 0 Å². The summed E-state index contributed by atoms with van der Waals surface area (Å²) in [6.45, 7) is 3.84. The molecule has 0 saturated heterocycles. The second kappa shape index (κ2) is 4.96. The third kappa shape index (κ3) is 2.95. The van der Waals surface area contributed by atoms with Crippen molar-refractivity contribution >= 4 is 11.7 Å². The Morgan fingerprint density at radius 2 is 2.12 bits per heavy atom. The fourth-order valence-electron chi connectivity index (χ4n) is 1.68. The van der Waals surface area contributed by atoms with Crippen LogP contribution in [-0.4, -0.2) is 11.1 Å². The molecule has 0 aliphatic rings. The van der Waals surface area contributed by atoms with Gasteiger partial charge in [-0.05, 0) is 36.1 Å². The molecule has 0 heterocycles. The molecule has 0 radical (unpaired) electrons. The van der Waals surface area contributed by atoms with Crippen molar-refractivity contribution in [2.75, 3.05) is 5.73 Å². The zero-order valence-corrected chi connectivity index (χ0v) is 9.40. The van der Waals surface area contributed by atoms with Gasteiger partial charge in [-0.3, -0.25) is 4.79 Å². The largest absolute Gasteiger partial charge is 0.481 e. The summed E-state index contributed by atoms with van der Waals surface area (Å²) in [7, 11) is 0. The molecule has 16 heavy (non-hydrogen) atoms. The number of halogens is 1. The Balaban J connectivity index is 3.10. The summed E-state index contributed by atoms with van der Waals surface area (Å²) in [4.78, 5) is 11.1. The van der Waals surface area contributed by atoms with Crippen LogP contribution in [-0.2, 0) is 4.79 Å². The molecule has 1 rings (SSSR count). The summed E-state index contributed by atoms with van der Waals surface area (Å²) in [5.41, 5.74) is 6.36. The highest BCUT2D eigenvalue weighted by Crippen LogP contribution is 2.29. The summed E-state index contributed by atoms with van der Waals surface area (Å²) in [6, 6.07) is 3.84. The van der Waals surface area contributed by atoms with Crippen LogP contribution in [0.15, 0.2) is 18.2 Å². The SMILES string of the molecule is CC(C)CC(C(=O)O)c1cc(F)ccc1N. The molecule has 1 aromatic rings. The highest BCUT2D eigenvalue weighted by Gasteiger charge is 2.23. The van der Waals surface area contributed by atoms with E-state index in [1.807, 2.05) is 13.8 Å². The number of anilines is 1.